The molecule has 1 fully saturated rings. The van der Waals surface area contributed by atoms with E-state index in [9.17, 15) is 19.2 Å². The highest BCUT2D eigenvalue weighted by molar-refractivity contribution is 5.71. The molecular weight excluding hydrogens is 915 g/mol. The van der Waals surface area contributed by atoms with Crippen molar-refractivity contribution in [3.8, 4) is 0 Å². The second-order valence-electron chi connectivity index (χ2n) is 21.0. The number of allylic oxidation sites excluding steroid dienone is 6. The molecule has 0 radical (unpaired) electrons. The molecule has 424 valence electrons. The standard InChI is InChI=1S/C63H113NO9/c1-5-9-12-15-18-21-24-26-28-30-32-35-38-41-44-47-60(65)69-55-59(56-70-61(66)48-45-42-39-36-33-31-29-27-25-22-19-16-13-10-6-2)71-62(67)50-49-57(46-43-40-37-34-23-20-17-14-11-7-3)72-63(68)73-58-51-53-64(8-4)54-52-58/h18,21,26-29,57-59H,5-17,19-20,22-25,30-56H2,1-4H3/b21-18-,28-26-,29-27-. The number of nitrogens with zero attached hydrogens (tertiary/aromatic N) is 1. The highest BCUT2D eigenvalue weighted by atomic mass is 16.7. The van der Waals surface area contributed by atoms with Crippen LogP contribution >= 0.6 is 0 Å². The maximum Gasteiger partial charge on any atom is 0.508 e. The summed E-state index contributed by atoms with van der Waals surface area (Å²) in [6.07, 6.45) is 53.9. The van der Waals surface area contributed by atoms with Gasteiger partial charge in [-0.3, -0.25) is 14.4 Å². The minimum atomic E-state index is -0.931. The number of hydrogen-bond donors (Lipinski definition) is 0. The van der Waals surface area contributed by atoms with Gasteiger partial charge >= 0.3 is 24.1 Å². The van der Waals surface area contributed by atoms with Gasteiger partial charge in [0, 0.05) is 32.4 Å². The number of ether oxygens (including phenoxy) is 5. The minimum absolute atomic E-state index is 0.00384. The Hall–Kier alpha value is -3.14. The first kappa shape index (κ1) is 67.9. The molecule has 1 aliphatic heterocycles. The Labute approximate surface area is 448 Å². The van der Waals surface area contributed by atoms with Gasteiger partial charge in [-0.1, -0.05) is 205 Å². The molecule has 0 N–H and O–H groups in total. The van der Waals surface area contributed by atoms with Crippen molar-refractivity contribution in [1.29, 1.82) is 0 Å². The second-order valence-corrected chi connectivity index (χ2v) is 21.0. The van der Waals surface area contributed by atoms with Crippen LogP contribution in [0.2, 0.25) is 0 Å². The topological polar surface area (TPSA) is 118 Å². The number of piperidine rings is 1. The Kier molecular flexibility index (Phi) is 48.6. The fourth-order valence-corrected chi connectivity index (χ4v) is 9.34. The molecule has 0 spiro atoms. The van der Waals surface area contributed by atoms with E-state index in [-0.39, 0.29) is 56.9 Å². The van der Waals surface area contributed by atoms with Crippen LogP contribution in [0.25, 0.3) is 0 Å². The van der Waals surface area contributed by atoms with Crippen molar-refractivity contribution in [2.45, 2.75) is 309 Å². The van der Waals surface area contributed by atoms with Gasteiger partial charge in [-0.2, -0.15) is 0 Å². The zero-order chi connectivity index (χ0) is 52.9. The normalized spacial score (nSPS) is 14.3. The number of likely N-dealkylation sites (tertiary alicyclic amines) is 1. The molecule has 10 heteroatoms. The molecule has 1 saturated heterocycles. The van der Waals surface area contributed by atoms with E-state index in [0.717, 1.165) is 135 Å². The first-order chi connectivity index (χ1) is 35.8. The summed E-state index contributed by atoms with van der Waals surface area (Å²) in [5.41, 5.74) is 0. The fraction of sp³-hybridized carbons (Fsp3) is 0.841. The van der Waals surface area contributed by atoms with Gasteiger partial charge in [0.05, 0.1) is 0 Å². The van der Waals surface area contributed by atoms with Crippen LogP contribution in [0.3, 0.4) is 0 Å². The average molecular weight is 1030 g/mol. The zero-order valence-corrected chi connectivity index (χ0v) is 47.8. The van der Waals surface area contributed by atoms with Gasteiger partial charge < -0.3 is 28.6 Å². The maximum absolute atomic E-state index is 13.4. The predicted octanol–water partition coefficient (Wildman–Crippen LogP) is 17.9. The summed E-state index contributed by atoms with van der Waals surface area (Å²) in [5.74, 6) is -1.21. The molecule has 1 rings (SSSR count). The van der Waals surface area contributed by atoms with Crippen molar-refractivity contribution in [3.63, 3.8) is 0 Å². The van der Waals surface area contributed by atoms with Crippen LogP contribution in [0.1, 0.15) is 291 Å². The van der Waals surface area contributed by atoms with Gasteiger partial charge in [0.2, 0.25) is 0 Å². The lowest BCUT2D eigenvalue weighted by Crippen LogP contribution is -2.38. The molecular formula is C63H113NO9. The fourth-order valence-electron chi connectivity index (χ4n) is 9.34. The number of hydrogen-bond acceptors (Lipinski definition) is 10. The van der Waals surface area contributed by atoms with Crippen LogP contribution in [0.5, 0.6) is 0 Å². The minimum Gasteiger partial charge on any atom is -0.462 e. The van der Waals surface area contributed by atoms with Crippen molar-refractivity contribution < 1.29 is 42.9 Å². The third-order valence-corrected chi connectivity index (χ3v) is 14.2. The number of carbonyl (C=O) groups excluding carboxylic acids is 4. The lowest BCUT2D eigenvalue weighted by atomic mass is 10.0. The summed E-state index contributed by atoms with van der Waals surface area (Å²) < 4.78 is 28.7. The lowest BCUT2D eigenvalue weighted by molar-refractivity contribution is -0.167. The molecule has 0 bridgehead atoms. The second kappa shape index (κ2) is 52.3. The highest BCUT2D eigenvalue weighted by Gasteiger charge is 2.26. The van der Waals surface area contributed by atoms with Crippen LogP contribution in [-0.4, -0.2) is 80.1 Å². The van der Waals surface area contributed by atoms with Crippen LogP contribution in [0.4, 0.5) is 4.79 Å². The summed E-state index contributed by atoms with van der Waals surface area (Å²) in [4.78, 5) is 54.5. The molecule has 0 aromatic rings. The van der Waals surface area contributed by atoms with Crippen LogP contribution in [0, 0.1) is 0 Å². The van der Waals surface area contributed by atoms with Crippen molar-refractivity contribution in [2.75, 3.05) is 32.8 Å². The Morgan fingerprint density at radius 3 is 1.29 bits per heavy atom. The van der Waals surface area contributed by atoms with E-state index in [0.29, 0.717) is 6.42 Å². The molecule has 1 aliphatic rings. The Morgan fingerprint density at radius 2 is 0.822 bits per heavy atom. The van der Waals surface area contributed by atoms with E-state index in [4.69, 9.17) is 23.7 Å². The molecule has 0 aromatic carbocycles. The van der Waals surface area contributed by atoms with Gasteiger partial charge in [-0.05, 0) is 109 Å². The zero-order valence-electron chi connectivity index (χ0n) is 47.8. The molecule has 10 nitrogen and oxygen atoms in total. The lowest BCUT2D eigenvalue weighted by Gasteiger charge is -2.30. The SMILES string of the molecule is CCCCC/C=C\C/C=C\CCCCCCCC(=O)OCC(COC(=O)CCCCCCC/C=C\CCCCCCCC)OC(=O)CCC(CCCCCCCCCCCC)OC(=O)OC1CCN(CC)CC1. The van der Waals surface area contributed by atoms with Gasteiger partial charge in [-0.15, -0.1) is 0 Å². The molecule has 0 aromatic heterocycles. The van der Waals surface area contributed by atoms with Crippen LogP contribution < -0.4 is 0 Å². The number of rotatable bonds is 51. The quantitative estimate of drug-likeness (QED) is 0.0252. The molecule has 2 atom stereocenters. The van der Waals surface area contributed by atoms with Gasteiger partial charge in [-0.25, -0.2) is 4.79 Å². The first-order valence-electron chi connectivity index (χ1n) is 30.9. The van der Waals surface area contributed by atoms with E-state index in [1.54, 1.807) is 0 Å². The summed E-state index contributed by atoms with van der Waals surface area (Å²) in [6, 6.07) is 0. The summed E-state index contributed by atoms with van der Waals surface area (Å²) in [7, 11) is 0. The van der Waals surface area contributed by atoms with E-state index in [2.05, 4.69) is 69.1 Å². The molecule has 73 heavy (non-hydrogen) atoms. The molecule has 2 unspecified atom stereocenters. The molecule has 0 aliphatic carbocycles. The van der Waals surface area contributed by atoms with Crippen molar-refractivity contribution in [1.82, 2.24) is 4.90 Å². The van der Waals surface area contributed by atoms with E-state index in [1.165, 1.54) is 116 Å². The summed E-state index contributed by atoms with van der Waals surface area (Å²) in [5, 5.41) is 0. The third kappa shape index (κ3) is 45.9. The van der Waals surface area contributed by atoms with Crippen molar-refractivity contribution in [2.24, 2.45) is 0 Å². The van der Waals surface area contributed by atoms with Crippen LogP contribution in [0.15, 0.2) is 36.5 Å². The van der Waals surface area contributed by atoms with E-state index >= 15 is 0 Å². The Bertz CT molecular complexity index is 1370. The van der Waals surface area contributed by atoms with Crippen molar-refractivity contribution >= 4 is 24.1 Å². The summed E-state index contributed by atoms with van der Waals surface area (Å²) in [6.45, 7) is 11.3. The number of carbonyl (C=O) groups is 4. The molecule has 0 amide bonds. The average Bonchev–Trinajstić information content (AvgIpc) is 3.39. The highest BCUT2D eigenvalue weighted by Crippen LogP contribution is 2.20. The van der Waals surface area contributed by atoms with Gasteiger partial charge in [0.15, 0.2) is 6.10 Å². The predicted molar refractivity (Wildman–Crippen MR) is 303 cm³/mol. The molecule has 1 heterocycles. The smallest absolute Gasteiger partial charge is 0.462 e. The third-order valence-electron chi connectivity index (χ3n) is 14.2. The van der Waals surface area contributed by atoms with Gasteiger partial charge in [0.25, 0.3) is 0 Å². The Balaban J connectivity index is 2.66. The van der Waals surface area contributed by atoms with Crippen molar-refractivity contribution in [3.05, 3.63) is 36.5 Å². The number of unbranched alkanes of at least 4 members (excludes halogenated alkanes) is 28. The molecule has 0 saturated carbocycles. The van der Waals surface area contributed by atoms with Crippen LogP contribution in [-0.2, 0) is 38.1 Å². The van der Waals surface area contributed by atoms with Gasteiger partial charge in [0.1, 0.15) is 25.4 Å². The van der Waals surface area contributed by atoms with E-state index < -0.39 is 24.3 Å². The largest absolute Gasteiger partial charge is 0.508 e. The Morgan fingerprint density at radius 1 is 0.425 bits per heavy atom. The summed E-state index contributed by atoms with van der Waals surface area (Å²) >= 11 is 0. The van der Waals surface area contributed by atoms with E-state index in [1.807, 2.05) is 0 Å². The maximum atomic E-state index is 13.4. The number of esters is 3. The monoisotopic (exact) mass is 1030 g/mol. The first-order valence-corrected chi connectivity index (χ1v) is 30.9.